The number of nitrogens with zero attached hydrogens (tertiary/aromatic N) is 3. The minimum atomic E-state index is -0.404. The molecule has 1 unspecified atom stereocenters. The Kier molecular flexibility index (Phi) is 4.28. The lowest BCUT2D eigenvalue weighted by molar-refractivity contribution is -0.123. The summed E-state index contributed by atoms with van der Waals surface area (Å²) in [6, 6.07) is 15.1. The molecule has 2 aromatic carbocycles. The van der Waals surface area contributed by atoms with Gasteiger partial charge in [0.2, 0.25) is 0 Å². The van der Waals surface area contributed by atoms with E-state index in [1.165, 1.54) is 6.33 Å². The molecule has 0 saturated heterocycles. The highest BCUT2D eigenvalue weighted by molar-refractivity contribution is 6.37. The Morgan fingerprint density at radius 2 is 1.73 bits per heavy atom. The van der Waals surface area contributed by atoms with Crippen molar-refractivity contribution in [2.45, 2.75) is 5.92 Å². The smallest absolute Gasteiger partial charge is 0.259 e. The number of para-hydroxylation sites is 2. The molecule has 7 nitrogen and oxygen atoms in total. The lowest BCUT2D eigenvalue weighted by atomic mass is 9.88. The van der Waals surface area contributed by atoms with Crippen LogP contribution in [0.4, 0.5) is 11.4 Å². The second-order valence-corrected chi connectivity index (χ2v) is 7.09. The number of ether oxygens (including phenoxy) is 1. The highest BCUT2D eigenvalue weighted by Gasteiger charge is 2.42. The maximum absolute atomic E-state index is 12.9. The molecule has 1 N–H and O–H groups in total. The van der Waals surface area contributed by atoms with Crippen molar-refractivity contribution in [1.29, 1.82) is 0 Å². The second-order valence-electron chi connectivity index (χ2n) is 7.09. The quantitative estimate of drug-likeness (QED) is 0.681. The van der Waals surface area contributed by atoms with E-state index in [1.54, 1.807) is 31.6 Å². The summed E-state index contributed by atoms with van der Waals surface area (Å²) < 4.78 is 5.46. The summed E-state index contributed by atoms with van der Waals surface area (Å²) in [7, 11) is 1.55. The zero-order chi connectivity index (χ0) is 20.7. The van der Waals surface area contributed by atoms with Gasteiger partial charge in [-0.1, -0.05) is 36.4 Å². The molecule has 1 aromatic heterocycles. The number of aromatic nitrogens is 2. The largest absolute Gasteiger partial charge is 0.496 e. The van der Waals surface area contributed by atoms with E-state index < -0.39 is 5.91 Å². The monoisotopic (exact) mass is 398 g/mol. The van der Waals surface area contributed by atoms with Crippen molar-refractivity contribution in [2.24, 2.45) is 0 Å². The van der Waals surface area contributed by atoms with Crippen LogP contribution in [0.25, 0.3) is 5.57 Å². The first kappa shape index (κ1) is 18.1. The molecule has 0 bridgehead atoms. The van der Waals surface area contributed by atoms with Crippen molar-refractivity contribution >= 4 is 28.8 Å². The first-order valence-electron chi connectivity index (χ1n) is 9.53. The number of carbonyl (C=O) groups excluding carboxylic acids is 2. The van der Waals surface area contributed by atoms with Crippen LogP contribution in [0, 0.1) is 0 Å². The van der Waals surface area contributed by atoms with E-state index in [9.17, 15) is 9.59 Å². The van der Waals surface area contributed by atoms with Crippen molar-refractivity contribution in [3.63, 3.8) is 0 Å². The number of imide groups is 1. The highest BCUT2D eigenvalue weighted by atomic mass is 16.5. The summed E-state index contributed by atoms with van der Waals surface area (Å²) in [6.07, 6.45) is 4.96. The molecular formula is C23H18N4O3. The number of nitrogens with one attached hydrogen (secondary N) is 1. The number of rotatable bonds is 4. The van der Waals surface area contributed by atoms with Crippen LogP contribution < -0.4 is 15.0 Å². The van der Waals surface area contributed by atoms with E-state index in [1.807, 2.05) is 36.4 Å². The molecule has 0 fully saturated rings. The molecule has 0 radical (unpaired) electrons. The third-order valence-corrected chi connectivity index (χ3v) is 5.52. The Bertz CT molecular complexity index is 1190. The van der Waals surface area contributed by atoms with Crippen LogP contribution in [-0.2, 0) is 9.59 Å². The number of hydrogen-bond acceptors (Lipinski definition) is 6. The number of fused-ring (bicyclic) bond motifs is 1. The summed E-state index contributed by atoms with van der Waals surface area (Å²) in [6.45, 7) is 0.501. The maximum atomic E-state index is 12.9. The number of methoxy groups -OCH3 is 1. The first-order chi connectivity index (χ1) is 14.7. The molecular weight excluding hydrogens is 380 g/mol. The summed E-state index contributed by atoms with van der Waals surface area (Å²) in [5.41, 5.74) is 4.21. The van der Waals surface area contributed by atoms with Gasteiger partial charge >= 0.3 is 0 Å². The van der Waals surface area contributed by atoms with Gasteiger partial charge in [0, 0.05) is 29.3 Å². The van der Waals surface area contributed by atoms with Gasteiger partial charge in [-0.2, -0.15) is 0 Å². The number of hydrogen-bond donors (Lipinski definition) is 1. The van der Waals surface area contributed by atoms with Crippen molar-refractivity contribution < 1.29 is 14.3 Å². The number of carbonyl (C=O) groups is 2. The van der Waals surface area contributed by atoms with Gasteiger partial charge in [-0.3, -0.25) is 14.9 Å². The molecule has 0 aliphatic carbocycles. The van der Waals surface area contributed by atoms with E-state index >= 15 is 0 Å². The predicted molar refractivity (Wildman–Crippen MR) is 111 cm³/mol. The third kappa shape index (κ3) is 2.75. The van der Waals surface area contributed by atoms with Gasteiger partial charge in [-0.15, -0.1) is 0 Å². The van der Waals surface area contributed by atoms with Crippen LogP contribution in [0.1, 0.15) is 17.0 Å². The third-order valence-electron chi connectivity index (χ3n) is 5.52. The Balaban J connectivity index is 1.69. The van der Waals surface area contributed by atoms with Crippen molar-refractivity contribution in [3.05, 3.63) is 84.0 Å². The van der Waals surface area contributed by atoms with E-state index in [-0.39, 0.29) is 11.8 Å². The Morgan fingerprint density at radius 1 is 1.00 bits per heavy atom. The normalized spacial score (nSPS) is 17.9. The average molecular weight is 398 g/mol. The standard InChI is InChI=1S/C23H18N4O3/c1-30-19-9-5-3-7-16(19)20-21(23(29)26-22(20)28)17-12-27(14-10-24-13-25-11-14)18-8-4-2-6-15(17)18/h2-11,13,17H,12H2,1H3,(H,26,28,29). The van der Waals surface area contributed by atoms with Crippen LogP contribution in [0.5, 0.6) is 5.75 Å². The first-order valence-corrected chi connectivity index (χ1v) is 9.53. The van der Waals surface area contributed by atoms with Crippen molar-refractivity contribution in [3.8, 4) is 5.75 Å². The number of anilines is 2. The zero-order valence-electron chi connectivity index (χ0n) is 16.2. The van der Waals surface area contributed by atoms with Crippen LogP contribution in [0.3, 0.4) is 0 Å². The van der Waals surface area contributed by atoms with E-state index in [0.717, 1.165) is 16.9 Å². The fourth-order valence-corrected chi connectivity index (χ4v) is 4.25. The van der Waals surface area contributed by atoms with Gasteiger partial charge in [-0.25, -0.2) is 9.97 Å². The molecule has 1 atom stereocenters. The van der Waals surface area contributed by atoms with Crippen LogP contribution in [0.2, 0.25) is 0 Å². The van der Waals surface area contributed by atoms with Crippen molar-refractivity contribution in [1.82, 2.24) is 15.3 Å². The lowest BCUT2D eigenvalue weighted by Crippen LogP contribution is -2.25. The lowest BCUT2D eigenvalue weighted by Gasteiger charge is -2.19. The minimum Gasteiger partial charge on any atom is -0.496 e. The second kappa shape index (κ2) is 7.11. The summed E-state index contributed by atoms with van der Waals surface area (Å²) >= 11 is 0. The highest BCUT2D eigenvalue weighted by Crippen LogP contribution is 2.47. The van der Waals surface area contributed by atoms with Gasteiger partial charge in [-0.05, 0) is 17.7 Å². The topological polar surface area (TPSA) is 84.4 Å². The Hall–Kier alpha value is -4.00. The summed E-state index contributed by atoms with van der Waals surface area (Å²) in [5.74, 6) is -0.507. The molecule has 0 spiro atoms. The van der Waals surface area contributed by atoms with Gasteiger partial charge in [0.05, 0.1) is 30.8 Å². The molecule has 30 heavy (non-hydrogen) atoms. The molecule has 3 heterocycles. The van der Waals surface area contributed by atoms with E-state index in [0.29, 0.717) is 29.0 Å². The molecule has 2 aliphatic heterocycles. The molecule has 7 heteroatoms. The summed E-state index contributed by atoms with van der Waals surface area (Å²) in [4.78, 5) is 36.1. The fourth-order valence-electron chi connectivity index (χ4n) is 4.25. The summed E-state index contributed by atoms with van der Waals surface area (Å²) in [5, 5.41) is 2.48. The Morgan fingerprint density at radius 3 is 2.53 bits per heavy atom. The molecule has 5 rings (SSSR count). The Labute approximate surface area is 173 Å². The molecule has 2 amide bonds. The van der Waals surface area contributed by atoms with Crippen molar-refractivity contribution in [2.75, 3.05) is 18.6 Å². The van der Waals surface area contributed by atoms with Gasteiger partial charge < -0.3 is 9.64 Å². The minimum absolute atomic E-state index is 0.284. The van der Waals surface area contributed by atoms with Gasteiger partial charge in [0.15, 0.2) is 0 Å². The maximum Gasteiger partial charge on any atom is 0.259 e. The molecule has 3 aromatic rings. The van der Waals surface area contributed by atoms with Crippen LogP contribution in [0.15, 0.2) is 72.8 Å². The van der Waals surface area contributed by atoms with E-state index in [4.69, 9.17) is 4.74 Å². The van der Waals surface area contributed by atoms with Crippen LogP contribution in [-0.4, -0.2) is 35.4 Å². The van der Waals surface area contributed by atoms with Crippen LogP contribution >= 0.6 is 0 Å². The van der Waals surface area contributed by atoms with Gasteiger partial charge in [0.25, 0.3) is 11.8 Å². The fraction of sp³-hybridized carbons (Fsp3) is 0.130. The number of benzene rings is 2. The SMILES string of the molecule is COc1ccccc1C1=C(C2CN(c3cncnc3)c3ccccc32)C(=O)NC1=O. The predicted octanol–water partition coefficient (Wildman–Crippen LogP) is 2.83. The molecule has 2 aliphatic rings. The molecule has 0 saturated carbocycles. The van der Waals surface area contributed by atoms with E-state index in [2.05, 4.69) is 20.2 Å². The average Bonchev–Trinajstić information content (AvgIpc) is 3.30. The van der Waals surface area contributed by atoms with Gasteiger partial charge in [0.1, 0.15) is 12.1 Å². The zero-order valence-corrected chi connectivity index (χ0v) is 16.2. The molecule has 148 valence electrons. The number of amides is 2.